The van der Waals surface area contributed by atoms with Gasteiger partial charge >= 0.3 is 11.1 Å². The predicted octanol–water partition coefficient (Wildman–Crippen LogP) is 5.17. The number of anilines is 1. The molecule has 43 heavy (non-hydrogen) atoms. The zero-order chi connectivity index (χ0) is 29.3. The molecule has 0 atom stereocenters. The lowest BCUT2D eigenvalue weighted by atomic mass is 10.1. The highest BCUT2D eigenvalue weighted by Gasteiger charge is 2.21. The summed E-state index contributed by atoms with van der Waals surface area (Å²) in [5.74, 6) is 0.895. The summed E-state index contributed by atoms with van der Waals surface area (Å²) in [6.45, 7) is 6.90. The minimum Gasteiger partial charge on any atom is -0.367 e. The summed E-state index contributed by atoms with van der Waals surface area (Å²) in [4.78, 5) is 41.4. The highest BCUT2D eigenvalue weighted by atomic mass is 16.2. The fraction of sp³-hybridized carbons (Fsp3) is 0.229. The minimum atomic E-state index is -0.597. The second-order valence-corrected chi connectivity index (χ2v) is 11.3. The summed E-state index contributed by atoms with van der Waals surface area (Å²) in [5, 5.41) is 0. The Kier molecular flexibility index (Phi) is 7.12. The van der Waals surface area contributed by atoms with Crippen LogP contribution in [0.4, 0.5) is 5.69 Å². The summed E-state index contributed by atoms with van der Waals surface area (Å²) in [6, 6.07) is 30.7. The molecule has 8 heteroatoms. The lowest BCUT2D eigenvalue weighted by molar-refractivity contribution is 0.250. The third kappa shape index (κ3) is 5.37. The number of hydrogen-bond donors (Lipinski definition) is 2. The molecule has 6 aromatic rings. The molecule has 1 saturated heterocycles. The van der Waals surface area contributed by atoms with Crippen LogP contribution in [0.25, 0.3) is 33.5 Å². The molecule has 2 aromatic heterocycles. The van der Waals surface area contributed by atoms with E-state index < -0.39 is 11.1 Å². The van der Waals surface area contributed by atoms with E-state index in [4.69, 9.17) is 4.98 Å². The SMILES string of the molecule is CCc1ccc(-c2nc3c(N4CCN(Cc5ccc6[nH]c(=O)c(=O)n(Cc7ccccc7)c6c5)CC4)cccc3[nH]2)cc1. The van der Waals surface area contributed by atoms with Gasteiger partial charge in [0.05, 0.1) is 28.8 Å². The highest BCUT2D eigenvalue weighted by Crippen LogP contribution is 2.29. The van der Waals surface area contributed by atoms with E-state index in [1.807, 2.05) is 48.5 Å². The van der Waals surface area contributed by atoms with Crippen LogP contribution in [-0.2, 0) is 19.5 Å². The second kappa shape index (κ2) is 11.4. The van der Waals surface area contributed by atoms with E-state index in [0.29, 0.717) is 12.1 Å². The number of para-hydroxylation sites is 1. The summed E-state index contributed by atoms with van der Waals surface area (Å²) < 4.78 is 1.59. The smallest absolute Gasteiger partial charge is 0.317 e. The summed E-state index contributed by atoms with van der Waals surface area (Å²) >= 11 is 0. The van der Waals surface area contributed by atoms with Gasteiger partial charge in [0.25, 0.3) is 0 Å². The van der Waals surface area contributed by atoms with Gasteiger partial charge in [-0.3, -0.25) is 19.1 Å². The van der Waals surface area contributed by atoms with Crippen molar-refractivity contribution >= 4 is 27.8 Å². The van der Waals surface area contributed by atoms with Crippen molar-refractivity contribution in [3.05, 3.63) is 128 Å². The number of nitrogens with one attached hydrogen (secondary N) is 2. The molecule has 8 nitrogen and oxygen atoms in total. The predicted molar refractivity (Wildman–Crippen MR) is 173 cm³/mol. The number of imidazole rings is 1. The van der Waals surface area contributed by atoms with Crippen LogP contribution in [-0.4, -0.2) is 50.6 Å². The molecule has 3 heterocycles. The van der Waals surface area contributed by atoms with E-state index in [0.717, 1.165) is 83.9 Å². The Balaban J connectivity index is 1.08. The minimum absolute atomic E-state index is 0.354. The molecule has 0 aliphatic carbocycles. The second-order valence-electron chi connectivity index (χ2n) is 11.3. The van der Waals surface area contributed by atoms with Crippen molar-refractivity contribution in [1.29, 1.82) is 0 Å². The van der Waals surface area contributed by atoms with Gasteiger partial charge in [0, 0.05) is 38.3 Å². The maximum absolute atomic E-state index is 12.9. The van der Waals surface area contributed by atoms with Crippen LogP contribution in [0, 0.1) is 0 Å². The van der Waals surface area contributed by atoms with Crippen LogP contribution in [0.1, 0.15) is 23.6 Å². The number of fused-ring (bicyclic) bond motifs is 2. The molecule has 1 aliphatic rings. The molecular weight excluding hydrogens is 536 g/mol. The van der Waals surface area contributed by atoms with Crippen LogP contribution in [0.3, 0.4) is 0 Å². The van der Waals surface area contributed by atoms with Gasteiger partial charge in [0.15, 0.2) is 0 Å². The Morgan fingerprint density at radius 2 is 1.49 bits per heavy atom. The third-order valence-electron chi connectivity index (χ3n) is 8.47. The molecule has 1 aliphatic heterocycles. The Morgan fingerprint density at radius 1 is 0.721 bits per heavy atom. The van der Waals surface area contributed by atoms with Crippen LogP contribution >= 0.6 is 0 Å². The van der Waals surface area contributed by atoms with Crippen molar-refractivity contribution in [3.8, 4) is 11.4 Å². The van der Waals surface area contributed by atoms with Gasteiger partial charge in [-0.25, -0.2) is 4.98 Å². The van der Waals surface area contributed by atoms with Crippen LogP contribution < -0.4 is 16.0 Å². The number of nitrogens with zero attached hydrogens (tertiary/aromatic N) is 4. The maximum atomic E-state index is 12.9. The van der Waals surface area contributed by atoms with Gasteiger partial charge in [-0.15, -0.1) is 0 Å². The Labute approximate surface area is 249 Å². The first-order valence-corrected chi connectivity index (χ1v) is 14.9. The molecule has 0 unspecified atom stereocenters. The van der Waals surface area contributed by atoms with Gasteiger partial charge in [-0.1, -0.05) is 73.7 Å². The molecule has 216 valence electrons. The van der Waals surface area contributed by atoms with Crippen LogP contribution in [0.5, 0.6) is 0 Å². The molecule has 4 aromatic carbocycles. The fourth-order valence-corrected chi connectivity index (χ4v) is 6.05. The summed E-state index contributed by atoms with van der Waals surface area (Å²) in [7, 11) is 0. The third-order valence-corrected chi connectivity index (χ3v) is 8.47. The Morgan fingerprint density at radius 3 is 2.26 bits per heavy atom. The van der Waals surface area contributed by atoms with E-state index in [1.165, 1.54) is 5.56 Å². The highest BCUT2D eigenvalue weighted by molar-refractivity contribution is 5.91. The largest absolute Gasteiger partial charge is 0.367 e. The first kappa shape index (κ1) is 26.9. The molecule has 0 saturated carbocycles. The average molecular weight is 571 g/mol. The Hall–Kier alpha value is -4.95. The lowest BCUT2D eigenvalue weighted by Gasteiger charge is -2.36. The van der Waals surface area contributed by atoms with Gasteiger partial charge in [0.2, 0.25) is 0 Å². The maximum Gasteiger partial charge on any atom is 0.317 e. The van der Waals surface area contributed by atoms with Crippen molar-refractivity contribution in [3.63, 3.8) is 0 Å². The molecule has 2 N–H and O–H groups in total. The van der Waals surface area contributed by atoms with Crippen molar-refractivity contribution in [2.45, 2.75) is 26.4 Å². The summed E-state index contributed by atoms with van der Waals surface area (Å²) in [5.41, 5.74) is 8.00. The number of aromatic amines is 2. The lowest BCUT2D eigenvalue weighted by Crippen LogP contribution is -2.46. The van der Waals surface area contributed by atoms with Crippen molar-refractivity contribution < 1.29 is 0 Å². The zero-order valence-corrected chi connectivity index (χ0v) is 24.2. The van der Waals surface area contributed by atoms with E-state index in [2.05, 4.69) is 69.2 Å². The Bertz CT molecular complexity index is 2020. The zero-order valence-electron chi connectivity index (χ0n) is 24.2. The van der Waals surface area contributed by atoms with E-state index >= 15 is 0 Å². The molecule has 1 fully saturated rings. The van der Waals surface area contributed by atoms with Gasteiger partial charge in [-0.2, -0.15) is 0 Å². The monoisotopic (exact) mass is 570 g/mol. The van der Waals surface area contributed by atoms with E-state index in [-0.39, 0.29) is 0 Å². The molecule has 7 rings (SSSR count). The van der Waals surface area contributed by atoms with Crippen molar-refractivity contribution in [2.75, 3.05) is 31.1 Å². The first-order valence-electron chi connectivity index (χ1n) is 14.9. The molecule has 0 radical (unpaired) electrons. The molecular formula is C35H34N6O2. The normalized spacial score (nSPS) is 14.1. The van der Waals surface area contributed by atoms with E-state index in [9.17, 15) is 9.59 Å². The van der Waals surface area contributed by atoms with Gasteiger partial charge in [0.1, 0.15) is 11.3 Å². The molecule has 0 amide bonds. The quantitative estimate of drug-likeness (QED) is 0.259. The topological polar surface area (TPSA) is 90.0 Å². The number of aryl methyl sites for hydroxylation is 1. The number of hydrogen-bond acceptors (Lipinski definition) is 5. The number of benzene rings is 4. The number of H-pyrrole nitrogens is 2. The van der Waals surface area contributed by atoms with Crippen molar-refractivity contribution in [2.24, 2.45) is 0 Å². The summed E-state index contributed by atoms with van der Waals surface area (Å²) in [6.07, 6.45) is 1.02. The van der Waals surface area contributed by atoms with E-state index in [1.54, 1.807) is 4.57 Å². The number of rotatable bonds is 7. The van der Waals surface area contributed by atoms with Crippen molar-refractivity contribution in [1.82, 2.24) is 24.4 Å². The molecule has 0 spiro atoms. The average Bonchev–Trinajstić information content (AvgIpc) is 3.49. The standard InChI is InChI=1S/C35H34N6O2/c1-2-24-11-14-27(15-12-24)33-36-29-9-6-10-30(32(29)38-33)40-19-17-39(18-20-40)22-26-13-16-28-31(21-26)41(35(43)34(42)37-28)23-25-7-4-3-5-8-25/h3-16,21H,2,17-20,22-23H2,1H3,(H,36,38)(H,37,42). The number of aromatic nitrogens is 4. The van der Waals surface area contributed by atoms with Gasteiger partial charge in [-0.05, 0) is 47.4 Å². The first-order chi connectivity index (χ1) is 21.1. The number of piperazine rings is 1. The van der Waals surface area contributed by atoms with Crippen LogP contribution in [0.2, 0.25) is 0 Å². The van der Waals surface area contributed by atoms with Crippen LogP contribution in [0.15, 0.2) is 101 Å². The fourth-order valence-electron chi connectivity index (χ4n) is 6.05. The molecule has 0 bridgehead atoms. The van der Waals surface area contributed by atoms with Gasteiger partial charge < -0.3 is 14.9 Å².